The first-order valence-corrected chi connectivity index (χ1v) is 7.84. The Balaban J connectivity index is 1.69. The van der Waals surface area contributed by atoms with Crippen molar-refractivity contribution in [3.8, 4) is 6.07 Å². The Kier molecular flexibility index (Phi) is 2.73. The maximum Gasteiger partial charge on any atom is 0.169 e. The lowest BCUT2D eigenvalue weighted by Gasteiger charge is -2.56. The fourth-order valence-electron chi connectivity index (χ4n) is 5.44. The van der Waals surface area contributed by atoms with E-state index in [1.165, 1.54) is 31.4 Å². The maximum atomic E-state index is 13.8. The van der Waals surface area contributed by atoms with Crippen LogP contribution in [0.5, 0.6) is 0 Å². The fraction of sp³-hybridized carbons (Fsp3) is 0.556. The minimum atomic E-state index is -0.576. The minimum Gasteiger partial charge on any atom is -0.294 e. The number of rotatable bonds is 2. The topological polar surface area (TPSA) is 40.9 Å². The first kappa shape index (κ1) is 13.0. The summed E-state index contributed by atoms with van der Waals surface area (Å²) in [5.41, 5.74) is 0.223. The zero-order chi connectivity index (χ0) is 14.6. The van der Waals surface area contributed by atoms with Crippen molar-refractivity contribution in [2.45, 2.75) is 38.5 Å². The van der Waals surface area contributed by atoms with Gasteiger partial charge in [0.25, 0.3) is 0 Å². The van der Waals surface area contributed by atoms with Gasteiger partial charge in [-0.3, -0.25) is 4.79 Å². The molecule has 1 aromatic rings. The molecule has 4 aliphatic rings. The predicted octanol–water partition coefficient (Wildman–Crippen LogP) is 4.10. The monoisotopic (exact) mass is 283 g/mol. The van der Waals surface area contributed by atoms with Gasteiger partial charge >= 0.3 is 0 Å². The van der Waals surface area contributed by atoms with Crippen molar-refractivity contribution in [1.29, 1.82) is 5.26 Å². The van der Waals surface area contributed by atoms with E-state index >= 15 is 0 Å². The Hall–Kier alpha value is -1.69. The maximum absolute atomic E-state index is 13.8. The van der Waals surface area contributed by atoms with Crippen molar-refractivity contribution in [1.82, 2.24) is 0 Å². The number of carbonyl (C=O) groups excluding carboxylic acids is 1. The summed E-state index contributed by atoms with van der Waals surface area (Å²) < 4.78 is 13.8. The summed E-state index contributed by atoms with van der Waals surface area (Å²) >= 11 is 0. The summed E-state index contributed by atoms with van der Waals surface area (Å²) in [6, 6.07) is 6.13. The van der Waals surface area contributed by atoms with E-state index in [-0.39, 0.29) is 16.8 Å². The first-order valence-electron chi connectivity index (χ1n) is 7.84. The Morgan fingerprint density at radius 1 is 1.14 bits per heavy atom. The normalized spacial score (nSPS) is 36.5. The summed E-state index contributed by atoms with van der Waals surface area (Å²) in [7, 11) is 0. The molecule has 0 N–H and O–H groups in total. The summed E-state index contributed by atoms with van der Waals surface area (Å²) in [6.45, 7) is 0. The molecular weight excluding hydrogens is 265 g/mol. The number of halogens is 1. The van der Waals surface area contributed by atoms with Gasteiger partial charge < -0.3 is 0 Å². The third-order valence-electron chi connectivity index (χ3n) is 5.87. The second-order valence-electron chi connectivity index (χ2n) is 7.33. The molecule has 0 heterocycles. The quantitative estimate of drug-likeness (QED) is 0.767. The molecule has 0 unspecified atom stereocenters. The van der Waals surface area contributed by atoms with Crippen molar-refractivity contribution in [3.63, 3.8) is 0 Å². The van der Waals surface area contributed by atoms with Gasteiger partial charge in [0.05, 0.1) is 5.56 Å². The lowest BCUT2D eigenvalue weighted by Crippen LogP contribution is -2.50. The number of hydrogen-bond acceptors (Lipinski definition) is 2. The number of Topliss-reactive ketones (excluding diaryl/α,β-unsaturated/α-hetero) is 1. The SMILES string of the molecule is N#Cc1ccc(C(=O)C23CC4CC(CC(C4)C2)C3)cc1F. The second kappa shape index (κ2) is 4.40. The molecule has 0 saturated heterocycles. The molecule has 4 bridgehead atoms. The van der Waals surface area contributed by atoms with E-state index < -0.39 is 5.82 Å². The van der Waals surface area contributed by atoms with Gasteiger partial charge in [-0.15, -0.1) is 0 Å². The zero-order valence-corrected chi connectivity index (χ0v) is 11.9. The van der Waals surface area contributed by atoms with E-state index in [1.54, 1.807) is 6.07 Å². The standard InChI is InChI=1S/C18H18FNO/c19-16-6-14(1-2-15(16)10-20)17(21)18-7-11-3-12(8-18)5-13(4-11)9-18/h1-2,6,11-13H,3-5,7-9H2. The summed E-state index contributed by atoms with van der Waals surface area (Å²) in [5, 5.41) is 8.80. The van der Waals surface area contributed by atoms with Gasteiger partial charge in [0.15, 0.2) is 5.78 Å². The second-order valence-corrected chi connectivity index (χ2v) is 7.33. The Morgan fingerprint density at radius 3 is 2.19 bits per heavy atom. The predicted molar refractivity (Wildman–Crippen MR) is 76.1 cm³/mol. The molecule has 0 atom stereocenters. The molecule has 4 saturated carbocycles. The van der Waals surface area contributed by atoms with Crippen LogP contribution in [0.15, 0.2) is 18.2 Å². The Labute approximate surface area is 124 Å². The summed E-state index contributed by atoms with van der Waals surface area (Å²) in [4.78, 5) is 13.0. The van der Waals surface area contributed by atoms with E-state index in [1.807, 2.05) is 6.07 Å². The van der Waals surface area contributed by atoms with Crippen molar-refractivity contribution in [3.05, 3.63) is 35.1 Å². The Bertz CT molecular complexity index is 622. The van der Waals surface area contributed by atoms with Gasteiger partial charge in [0, 0.05) is 11.0 Å². The number of nitrogens with zero attached hydrogens (tertiary/aromatic N) is 1. The van der Waals surface area contributed by atoms with Crippen molar-refractivity contribution in [2.75, 3.05) is 0 Å². The van der Waals surface area contributed by atoms with E-state index in [2.05, 4.69) is 0 Å². The van der Waals surface area contributed by atoms with Gasteiger partial charge in [-0.2, -0.15) is 5.26 Å². The molecule has 21 heavy (non-hydrogen) atoms. The Morgan fingerprint density at radius 2 is 1.71 bits per heavy atom. The van der Waals surface area contributed by atoms with Crippen molar-refractivity contribution < 1.29 is 9.18 Å². The molecule has 0 amide bonds. The highest BCUT2D eigenvalue weighted by molar-refractivity contribution is 6.01. The molecule has 5 rings (SSSR count). The van der Waals surface area contributed by atoms with Crippen molar-refractivity contribution >= 4 is 5.78 Å². The largest absolute Gasteiger partial charge is 0.294 e. The van der Waals surface area contributed by atoms with Crippen LogP contribution in [0.3, 0.4) is 0 Å². The molecule has 0 radical (unpaired) electrons. The van der Waals surface area contributed by atoms with Crippen LogP contribution < -0.4 is 0 Å². The third-order valence-corrected chi connectivity index (χ3v) is 5.87. The van der Waals surface area contributed by atoms with Crippen LogP contribution in [0.2, 0.25) is 0 Å². The molecule has 4 fully saturated rings. The van der Waals surface area contributed by atoms with Gasteiger partial charge in [-0.1, -0.05) is 0 Å². The highest BCUT2D eigenvalue weighted by Gasteiger charge is 2.54. The van der Waals surface area contributed by atoms with Gasteiger partial charge in [-0.25, -0.2) is 4.39 Å². The van der Waals surface area contributed by atoms with E-state index in [4.69, 9.17) is 5.26 Å². The van der Waals surface area contributed by atoms with Crippen LogP contribution in [0.1, 0.15) is 54.4 Å². The van der Waals surface area contributed by atoms with Gasteiger partial charge in [-0.05, 0) is 74.5 Å². The van der Waals surface area contributed by atoms with Crippen molar-refractivity contribution in [2.24, 2.45) is 23.2 Å². The lowest BCUT2D eigenvalue weighted by molar-refractivity contribution is -0.0353. The number of carbonyl (C=O) groups is 1. The number of hydrogen-bond donors (Lipinski definition) is 0. The highest BCUT2D eigenvalue weighted by Crippen LogP contribution is 2.60. The number of ketones is 1. The zero-order valence-electron chi connectivity index (χ0n) is 11.9. The highest BCUT2D eigenvalue weighted by atomic mass is 19.1. The van der Waals surface area contributed by atoms with Crippen LogP contribution in [0.25, 0.3) is 0 Å². The van der Waals surface area contributed by atoms with E-state index in [0.29, 0.717) is 23.3 Å². The third kappa shape index (κ3) is 1.92. The van der Waals surface area contributed by atoms with Crippen LogP contribution in [-0.2, 0) is 0 Å². The molecular formula is C18H18FNO. The van der Waals surface area contributed by atoms with Crippen LogP contribution >= 0.6 is 0 Å². The minimum absolute atomic E-state index is 0.0112. The summed E-state index contributed by atoms with van der Waals surface area (Å²) in [5.74, 6) is 1.63. The molecule has 0 aliphatic heterocycles. The van der Waals surface area contributed by atoms with Crippen LogP contribution in [-0.4, -0.2) is 5.78 Å². The average Bonchev–Trinajstić information content (AvgIpc) is 2.45. The molecule has 1 aromatic carbocycles. The van der Waals surface area contributed by atoms with Gasteiger partial charge in [0.2, 0.25) is 0 Å². The molecule has 108 valence electrons. The summed E-state index contributed by atoms with van der Waals surface area (Å²) in [6.07, 6.45) is 6.81. The van der Waals surface area contributed by atoms with E-state index in [0.717, 1.165) is 19.3 Å². The van der Waals surface area contributed by atoms with Crippen LogP contribution in [0, 0.1) is 40.3 Å². The number of nitriles is 1. The molecule has 3 heteroatoms. The fourth-order valence-corrected chi connectivity index (χ4v) is 5.44. The van der Waals surface area contributed by atoms with E-state index in [9.17, 15) is 9.18 Å². The molecule has 0 aromatic heterocycles. The molecule has 4 aliphatic carbocycles. The first-order chi connectivity index (χ1) is 10.1. The molecule has 0 spiro atoms. The number of benzene rings is 1. The lowest BCUT2D eigenvalue weighted by atomic mass is 9.48. The molecule has 2 nitrogen and oxygen atoms in total. The average molecular weight is 283 g/mol. The van der Waals surface area contributed by atoms with Crippen LogP contribution in [0.4, 0.5) is 4.39 Å². The van der Waals surface area contributed by atoms with Gasteiger partial charge in [0.1, 0.15) is 11.9 Å². The smallest absolute Gasteiger partial charge is 0.169 e.